The molecular formula is C14H17BrFN3. The number of aromatic nitrogens is 2. The van der Waals surface area contributed by atoms with Crippen LogP contribution in [0.4, 0.5) is 4.39 Å². The zero-order chi connectivity index (χ0) is 13.8. The first-order chi connectivity index (χ1) is 9.13. The van der Waals surface area contributed by atoms with Gasteiger partial charge < -0.3 is 5.32 Å². The Morgan fingerprint density at radius 3 is 2.89 bits per heavy atom. The van der Waals surface area contributed by atoms with Crippen molar-refractivity contribution in [2.75, 3.05) is 6.54 Å². The number of halogens is 2. The van der Waals surface area contributed by atoms with E-state index in [1.54, 1.807) is 10.7 Å². The van der Waals surface area contributed by atoms with Crippen LogP contribution < -0.4 is 5.32 Å². The summed E-state index contributed by atoms with van der Waals surface area (Å²) in [6, 6.07) is 5.05. The third kappa shape index (κ3) is 3.22. The number of hydrogen-bond donors (Lipinski definition) is 1. The quantitative estimate of drug-likeness (QED) is 0.912. The van der Waals surface area contributed by atoms with Crippen molar-refractivity contribution < 1.29 is 4.39 Å². The molecule has 5 heteroatoms. The molecule has 0 saturated carbocycles. The van der Waals surface area contributed by atoms with E-state index in [1.807, 2.05) is 25.5 Å². The highest BCUT2D eigenvalue weighted by atomic mass is 79.9. The van der Waals surface area contributed by atoms with E-state index < -0.39 is 0 Å². The lowest BCUT2D eigenvalue weighted by Gasteiger charge is -2.19. The van der Waals surface area contributed by atoms with Gasteiger partial charge in [0, 0.05) is 18.8 Å². The van der Waals surface area contributed by atoms with Crippen molar-refractivity contribution in [2.45, 2.75) is 19.4 Å². The van der Waals surface area contributed by atoms with E-state index in [2.05, 4.69) is 33.3 Å². The third-order valence-electron chi connectivity index (χ3n) is 2.95. The highest BCUT2D eigenvalue weighted by molar-refractivity contribution is 9.10. The van der Waals surface area contributed by atoms with Crippen molar-refractivity contribution in [2.24, 2.45) is 7.05 Å². The molecule has 0 aliphatic carbocycles. The Labute approximate surface area is 121 Å². The maximum absolute atomic E-state index is 13.7. The highest BCUT2D eigenvalue weighted by Gasteiger charge is 2.19. The van der Waals surface area contributed by atoms with E-state index in [1.165, 1.54) is 6.07 Å². The number of nitrogens with one attached hydrogen (secondary N) is 1. The van der Waals surface area contributed by atoms with Gasteiger partial charge in [0.15, 0.2) is 0 Å². The minimum atomic E-state index is -0.246. The average Bonchev–Trinajstić information content (AvgIpc) is 2.81. The molecule has 0 aliphatic heterocycles. The predicted molar refractivity (Wildman–Crippen MR) is 77.4 cm³/mol. The summed E-state index contributed by atoms with van der Waals surface area (Å²) in [7, 11) is 1.88. The van der Waals surface area contributed by atoms with E-state index in [0.29, 0.717) is 4.47 Å². The van der Waals surface area contributed by atoms with Gasteiger partial charge in [0.05, 0.1) is 16.7 Å². The lowest BCUT2D eigenvalue weighted by Crippen LogP contribution is -2.23. The average molecular weight is 326 g/mol. The van der Waals surface area contributed by atoms with Crippen LogP contribution in [0.5, 0.6) is 0 Å². The first-order valence-electron chi connectivity index (χ1n) is 6.29. The molecule has 1 unspecified atom stereocenters. The fraction of sp³-hybridized carbons (Fsp3) is 0.357. The zero-order valence-corrected chi connectivity index (χ0v) is 12.6. The van der Waals surface area contributed by atoms with Gasteiger partial charge in [-0.25, -0.2) is 4.39 Å². The molecule has 1 atom stereocenters. The number of rotatable bonds is 5. The molecule has 0 fully saturated rings. The van der Waals surface area contributed by atoms with Gasteiger partial charge >= 0.3 is 0 Å². The van der Waals surface area contributed by atoms with Crippen molar-refractivity contribution in [3.8, 4) is 0 Å². The van der Waals surface area contributed by atoms with Crippen LogP contribution in [-0.4, -0.2) is 16.3 Å². The van der Waals surface area contributed by atoms with Gasteiger partial charge in [0.2, 0.25) is 0 Å². The summed E-state index contributed by atoms with van der Waals surface area (Å²) >= 11 is 3.33. The van der Waals surface area contributed by atoms with Gasteiger partial charge in [-0.1, -0.05) is 19.1 Å². The van der Waals surface area contributed by atoms with Gasteiger partial charge in [-0.15, -0.1) is 0 Å². The minimum absolute atomic E-state index is 0.0567. The summed E-state index contributed by atoms with van der Waals surface area (Å²) in [5.41, 5.74) is 1.92. The molecule has 0 saturated heterocycles. The van der Waals surface area contributed by atoms with Crippen LogP contribution in [-0.2, 0) is 7.05 Å². The zero-order valence-electron chi connectivity index (χ0n) is 11.0. The predicted octanol–water partition coefficient (Wildman–Crippen LogP) is 3.41. The van der Waals surface area contributed by atoms with Crippen LogP contribution in [0, 0.1) is 5.82 Å². The second-order valence-corrected chi connectivity index (χ2v) is 5.27. The second-order valence-electron chi connectivity index (χ2n) is 4.48. The van der Waals surface area contributed by atoms with Gasteiger partial charge in [0.1, 0.15) is 5.82 Å². The van der Waals surface area contributed by atoms with Crippen LogP contribution in [0.1, 0.15) is 30.5 Å². The number of aryl methyl sites for hydroxylation is 1. The monoisotopic (exact) mass is 325 g/mol. The molecule has 0 aliphatic rings. The fourth-order valence-electron chi connectivity index (χ4n) is 2.03. The normalized spacial score (nSPS) is 12.6. The van der Waals surface area contributed by atoms with E-state index >= 15 is 0 Å². The molecule has 0 bridgehead atoms. The molecule has 3 nitrogen and oxygen atoms in total. The number of nitrogens with zero attached hydrogens (tertiary/aromatic N) is 2. The fourth-order valence-corrected chi connectivity index (χ4v) is 2.52. The topological polar surface area (TPSA) is 29.9 Å². The Balaban J connectivity index is 2.39. The SMILES string of the molecule is CCCNC(c1cnn(C)c1)c1cccc(F)c1Br. The van der Waals surface area contributed by atoms with Crippen LogP contribution in [0.2, 0.25) is 0 Å². The molecule has 1 heterocycles. The second kappa shape index (κ2) is 6.30. The van der Waals surface area contributed by atoms with Crippen molar-refractivity contribution in [1.82, 2.24) is 15.1 Å². The summed E-state index contributed by atoms with van der Waals surface area (Å²) in [6.45, 7) is 2.97. The van der Waals surface area contributed by atoms with Gasteiger partial charge in [-0.05, 0) is 40.5 Å². The van der Waals surface area contributed by atoms with Crippen molar-refractivity contribution in [3.05, 3.63) is 52.0 Å². The first-order valence-corrected chi connectivity index (χ1v) is 7.08. The molecule has 1 N–H and O–H groups in total. The molecule has 1 aromatic heterocycles. The van der Waals surface area contributed by atoms with Crippen molar-refractivity contribution >= 4 is 15.9 Å². The number of benzene rings is 1. The van der Waals surface area contributed by atoms with Gasteiger partial charge in [-0.2, -0.15) is 5.10 Å². The van der Waals surface area contributed by atoms with Crippen LogP contribution in [0.15, 0.2) is 35.1 Å². The Hall–Kier alpha value is -1.20. The molecule has 2 rings (SSSR count). The van der Waals surface area contributed by atoms with E-state index in [4.69, 9.17) is 0 Å². The summed E-state index contributed by atoms with van der Waals surface area (Å²) in [4.78, 5) is 0. The van der Waals surface area contributed by atoms with E-state index in [9.17, 15) is 4.39 Å². The van der Waals surface area contributed by atoms with Crippen LogP contribution in [0.3, 0.4) is 0 Å². The maximum Gasteiger partial charge on any atom is 0.137 e. The molecule has 0 spiro atoms. The largest absolute Gasteiger partial charge is 0.306 e. The lowest BCUT2D eigenvalue weighted by molar-refractivity contribution is 0.579. The Morgan fingerprint density at radius 1 is 1.47 bits per heavy atom. The Morgan fingerprint density at radius 2 is 2.26 bits per heavy atom. The van der Waals surface area contributed by atoms with Crippen molar-refractivity contribution in [3.63, 3.8) is 0 Å². The summed E-state index contributed by atoms with van der Waals surface area (Å²) in [6.07, 6.45) is 4.78. The van der Waals surface area contributed by atoms with E-state index in [-0.39, 0.29) is 11.9 Å². The number of hydrogen-bond acceptors (Lipinski definition) is 2. The standard InChI is InChI=1S/C14H17BrFN3/c1-3-7-17-14(10-8-18-19(2)9-10)11-5-4-6-12(16)13(11)15/h4-6,8-9,14,17H,3,7H2,1-2H3. The maximum atomic E-state index is 13.7. The van der Waals surface area contributed by atoms with Gasteiger partial charge in [-0.3, -0.25) is 4.68 Å². The summed E-state index contributed by atoms with van der Waals surface area (Å²) < 4.78 is 15.9. The summed E-state index contributed by atoms with van der Waals surface area (Å²) in [5, 5.41) is 7.62. The molecule has 19 heavy (non-hydrogen) atoms. The Kier molecular flexibility index (Phi) is 4.71. The third-order valence-corrected chi connectivity index (χ3v) is 3.79. The van der Waals surface area contributed by atoms with Gasteiger partial charge in [0.25, 0.3) is 0 Å². The lowest BCUT2D eigenvalue weighted by atomic mass is 10.0. The Bertz CT molecular complexity index is 553. The molecule has 102 valence electrons. The van der Waals surface area contributed by atoms with Crippen molar-refractivity contribution in [1.29, 1.82) is 0 Å². The molecular weight excluding hydrogens is 309 g/mol. The molecule has 1 aromatic carbocycles. The minimum Gasteiger partial charge on any atom is -0.306 e. The highest BCUT2D eigenvalue weighted by Crippen LogP contribution is 2.30. The van der Waals surface area contributed by atoms with Crippen LogP contribution >= 0.6 is 15.9 Å². The van der Waals surface area contributed by atoms with E-state index in [0.717, 1.165) is 24.1 Å². The first kappa shape index (κ1) is 14.2. The smallest absolute Gasteiger partial charge is 0.137 e. The van der Waals surface area contributed by atoms with Crippen LogP contribution in [0.25, 0.3) is 0 Å². The molecule has 2 aromatic rings. The molecule has 0 amide bonds. The molecule has 0 radical (unpaired) electrons. The summed E-state index contributed by atoms with van der Waals surface area (Å²) in [5.74, 6) is -0.246.